The minimum Gasteiger partial charge on any atom is -0.267 e. The lowest BCUT2D eigenvalue weighted by molar-refractivity contribution is -0.112. The molecule has 100 valence electrons. The van der Waals surface area contributed by atoms with Crippen LogP contribution in [0.25, 0.3) is 23.0 Å². The van der Waals surface area contributed by atoms with E-state index in [1.54, 1.807) is 4.68 Å². The molecule has 5 heteroatoms. The highest BCUT2D eigenvalue weighted by Crippen LogP contribution is 2.16. The van der Waals surface area contributed by atoms with Crippen molar-refractivity contribution in [2.75, 3.05) is 0 Å². The summed E-state index contributed by atoms with van der Waals surface area (Å²) >= 11 is 0. The zero-order valence-electron chi connectivity index (χ0n) is 11.0. The van der Waals surface area contributed by atoms with E-state index in [9.17, 15) is 4.79 Å². The van der Waals surface area contributed by atoms with E-state index >= 15 is 0 Å². The standard InChI is InChI=1S/C16H10N4O/c21-16-9-12-8-13(6-7-14(12)17-16)20-10-15(18-19-20)11-4-2-1-3-5-11/h1-10H. The molecule has 0 saturated carbocycles. The first-order chi connectivity index (χ1) is 10.3. The molecular weight excluding hydrogens is 264 g/mol. The third-order valence-electron chi connectivity index (χ3n) is 3.35. The molecule has 0 radical (unpaired) electrons. The summed E-state index contributed by atoms with van der Waals surface area (Å²) in [5.74, 6) is -0.217. The van der Waals surface area contributed by atoms with Crippen molar-refractivity contribution in [3.63, 3.8) is 0 Å². The monoisotopic (exact) mass is 274 g/mol. The highest BCUT2D eigenvalue weighted by molar-refractivity contribution is 6.06. The summed E-state index contributed by atoms with van der Waals surface area (Å²) in [5.41, 5.74) is 2.67. The number of rotatable bonds is 2. The van der Waals surface area contributed by atoms with Crippen LogP contribution < -0.4 is 10.6 Å². The number of aromatic nitrogens is 3. The predicted molar refractivity (Wildman–Crippen MR) is 77.0 cm³/mol. The van der Waals surface area contributed by atoms with Crippen molar-refractivity contribution in [1.29, 1.82) is 0 Å². The minimum absolute atomic E-state index is 0.217. The molecule has 0 aliphatic carbocycles. The van der Waals surface area contributed by atoms with E-state index in [0.717, 1.165) is 22.2 Å². The average Bonchev–Trinajstić information content (AvgIpc) is 3.12. The molecule has 1 amide bonds. The molecule has 0 saturated heterocycles. The van der Waals surface area contributed by atoms with E-state index in [-0.39, 0.29) is 5.91 Å². The van der Waals surface area contributed by atoms with Crippen LogP contribution >= 0.6 is 0 Å². The zero-order valence-corrected chi connectivity index (χ0v) is 11.0. The molecule has 2 aromatic carbocycles. The van der Waals surface area contributed by atoms with Gasteiger partial charge in [-0.2, -0.15) is 0 Å². The average molecular weight is 274 g/mol. The van der Waals surface area contributed by atoms with Crippen molar-refractivity contribution >= 4 is 12.0 Å². The second-order valence-corrected chi connectivity index (χ2v) is 4.75. The Morgan fingerprint density at radius 2 is 1.86 bits per heavy atom. The lowest BCUT2D eigenvalue weighted by atomic mass is 10.2. The Kier molecular flexibility index (Phi) is 2.50. The topological polar surface area (TPSA) is 60.1 Å². The number of nitrogens with zero attached hydrogens (tertiary/aromatic N) is 4. The van der Waals surface area contributed by atoms with E-state index in [1.165, 1.54) is 6.08 Å². The molecule has 0 bridgehead atoms. The Labute approximate surface area is 119 Å². The first-order valence-electron chi connectivity index (χ1n) is 6.52. The Hall–Kier alpha value is -3.08. The molecule has 4 rings (SSSR count). The smallest absolute Gasteiger partial charge is 0.267 e. The summed E-state index contributed by atoms with van der Waals surface area (Å²) in [6, 6.07) is 15.4. The first-order valence-corrected chi connectivity index (χ1v) is 6.52. The SMILES string of the molecule is O=C1C=c2cc(-n3cc(-c4ccccc4)nn3)ccc2=N1. The van der Waals surface area contributed by atoms with Crippen molar-refractivity contribution < 1.29 is 4.79 Å². The van der Waals surface area contributed by atoms with Crippen molar-refractivity contribution in [1.82, 2.24) is 15.0 Å². The summed E-state index contributed by atoms with van der Waals surface area (Å²) in [7, 11) is 0. The second kappa shape index (κ2) is 4.49. The van der Waals surface area contributed by atoms with Crippen LogP contribution in [0.15, 0.2) is 59.7 Å². The molecule has 21 heavy (non-hydrogen) atoms. The molecule has 1 aliphatic heterocycles. The Morgan fingerprint density at radius 3 is 2.71 bits per heavy atom. The molecule has 3 aromatic rings. The van der Waals surface area contributed by atoms with E-state index in [0.29, 0.717) is 5.36 Å². The van der Waals surface area contributed by atoms with Gasteiger partial charge < -0.3 is 0 Å². The Balaban J connectivity index is 1.78. The van der Waals surface area contributed by atoms with Gasteiger partial charge in [0.1, 0.15) is 5.69 Å². The maximum Gasteiger partial charge on any atom is 0.270 e. The van der Waals surface area contributed by atoms with Gasteiger partial charge in [-0.25, -0.2) is 9.67 Å². The highest BCUT2D eigenvalue weighted by atomic mass is 16.1. The van der Waals surface area contributed by atoms with Crippen molar-refractivity contribution in [2.45, 2.75) is 0 Å². The summed E-state index contributed by atoms with van der Waals surface area (Å²) in [5, 5.41) is 9.84. The van der Waals surface area contributed by atoms with Crippen LogP contribution in [0, 0.1) is 0 Å². The van der Waals surface area contributed by atoms with Crippen LogP contribution in [0.5, 0.6) is 0 Å². The van der Waals surface area contributed by atoms with Crippen LogP contribution in [-0.2, 0) is 4.79 Å². The fraction of sp³-hybridized carbons (Fsp3) is 0. The molecular formula is C16H10N4O. The molecule has 1 aromatic heterocycles. The van der Waals surface area contributed by atoms with Crippen LogP contribution in [0.4, 0.5) is 0 Å². The fourth-order valence-electron chi connectivity index (χ4n) is 2.32. The van der Waals surface area contributed by atoms with E-state index < -0.39 is 0 Å². The van der Waals surface area contributed by atoms with Gasteiger partial charge in [-0.05, 0) is 18.2 Å². The van der Waals surface area contributed by atoms with Crippen LogP contribution in [0.3, 0.4) is 0 Å². The molecule has 1 aliphatic rings. The van der Waals surface area contributed by atoms with Crippen LogP contribution in [0.1, 0.15) is 0 Å². The highest BCUT2D eigenvalue weighted by Gasteiger charge is 2.07. The zero-order chi connectivity index (χ0) is 14.2. The van der Waals surface area contributed by atoms with Gasteiger partial charge in [0, 0.05) is 16.9 Å². The molecule has 2 heterocycles. The predicted octanol–water partition coefficient (Wildman–Crippen LogP) is 0.875. The Morgan fingerprint density at radius 1 is 1.00 bits per heavy atom. The van der Waals surface area contributed by atoms with Gasteiger partial charge in [0.25, 0.3) is 5.91 Å². The number of hydrogen-bond acceptors (Lipinski definition) is 3. The van der Waals surface area contributed by atoms with Gasteiger partial charge in [-0.3, -0.25) is 4.79 Å². The minimum atomic E-state index is -0.217. The normalized spacial score (nSPS) is 12.7. The molecule has 0 unspecified atom stereocenters. The summed E-state index contributed by atoms with van der Waals surface area (Å²) in [6.07, 6.45) is 3.39. The van der Waals surface area contributed by atoms with Crippen molar-refractivity contribution in [3.05, 3.63) is 65.3 Å². The van der Waals surface area contributed by atoms with Crippen molar-refractivity contribution in [2.24, 2.45) is 4.99 Å². The van der Waals surface area contributed by atoms with Gasteiger partial charge in [-0.1, -0.05) is 35.5 Å². The lowest BCUT2D eigenvalue weighted by Gasteiger charge is -1.98. The number of hydrogen-bond donors (Lipinski definition) is 0. The molecule has 0 fully saturated rings. The summed E-state index contributed by atoms with van der Waals surface area (Å²) < 4.78 is 1.69. The number of amides is 1. The van der Waals surface area contributed by atoms with E-state index in [1.807, 2.05) is 54.7 Å². The number of benzene rings is 2. The fourth-order valence-corrected chi connectivity index (χ4v) is 2.32. The quantitative estimate of drug-likeness (QED) is 0.697. The first kappa shape index (κ1) is 11.7. The summed E-state index contributed by atoms with van der Waals surface area (Å²) in [4.78, 5) is 15.2. The largest absolute Gasteiger partial charge is 0.270 e. The lowest BCUT2D eigenvalue weighted by Crippen LogP contribution is -2.21. The maximum atomic E-state index is 11.3. The molecule has 0 spiro atoms. The Bertz CT molecular complexity index is 957. The third kappa shape index (κ3) is 2.04. The maximum absolute atomic E-state index is 11.3. The van der Waals surface area contributed by atoms with Gasteiger partial charge in [-0.15, -0.1) is 5.10 Å². The van der Waals surface area contributed by atoms with Gasteiger partial charge in [0.15, 0.2) is 0 Å². The third-order valence-corrected chi connectivity index (χ3v) is 3.35. The number of carbonyl (C=O) groups is 1. The van der Waals surface area contributed by atoms with Gasteiger partial charge in [0.2, 0.25) is 0 Å². The van der Waals surface area contributed by atoms with Crippen LogP contribution in [-0.4, -0.2) is 20.9 Å². The molecule has 0 atom stereocenters. The van der Waals surface area contributed by atoms with Crippen LogP contribution in [0.2, 0.25) is 0 Å². The summed E-state index contributed by atoms with van der Waals surface area (Å²) in [6.45, 7) is 0. The number of carbonyl (C=O) groups excluding carboxylic acids is 1. The molecule has 5 nitrogen and oxygen atoms in total. The van der Waals surface area contributed by atoms with E-state index in [2.05, 4.69) is 15.3 Å². The van der Waals surface area contributed by atoms with Gasteiger partial charge >= 0.3 is 0 Å². The van der Waals surface area contributed by atoms with E-state index in [4.69, 9.17) is 0 Å². The van der Waals surface area contributed by atoms with Gasteiger partial charge in [0.05, 0.1) is 17.2 Å². The molecule has 0 N–H and O–H groups in total. The second-order valence-electron chi connectivity index (χ2n) is 4.75. The number of fused-ring (bicyclic) bond motifs is 1. The van der Waals surface area contributed by atoms with Crippen molar-refractivity contribution in [3.8, 4) is 16.9 Å².